The molecule has 16 heavy (non-hydrogen) atoms. The fraction of sp³-hybridized carbons (Fsp3) is 0.800. The molecule has 0 aliphatic carbocycles. The van der Waals surface area contributed by atoms with E-state index in [1.54, 1.807) is 4.90 Å². The van der Waals surface area contributed by atoms with Gasteiger partial charge in [-0.2, -0.15) is 0 Å². The van der Waals surface area contributed by atoms with Crippen LogP contribution in [0.3, 0.4) is 0 Å². The van der Waals surface area contributed by atoms with Gasteiger partial charge in [0.25, 0.3) is 0 Å². The Labute approximate surface area is 95.0 Å². The summed E-state index contributed by atoms with van der Waals surface area (Å²) < 4.78 is 5.23. The molecular weight excluding hydrogens is 210 g/mol. The second-order valence-corrected chi connectivity index (χ2v) is 4.94. The fourth-order valence-electron chi connectivity index (χ4n) is 1.58. The minimum absolute atomic E-state index is 0.0717. The van der Waals surface area contributed by atoms with Gasteiger partial charge in [0, 0.05) is 19.0 Å². The van der Waals surface area contributed by atoms with Crippen molar-refractivity contribution in [2.45, 2.75) is 32.8 Å². The van der Waals surface area contributed by atoms with E-state index in [0.717, 1.165) is 0 Å². The summed E-state index contributed by atoms with van der Waals surface area (Å²) in [5, 5.41) is 11.5. The third kappa shape index (κ3) is 3.29. The van der Waals surface area contributed by atoms with Crippen molar-refractivity contribution in [3.63, 3.8) is 0 Å². The Kier molecular flexibility index (Phi) is 3.62. The second kappa shape index (κ2) is 4.59. The Morgan fingerprint density at radius 2 is 2.19 bits per heavy atom. The molecule has 6 heteroatoms. The highest BCUT2D eigenvalue weighted by molar-refractivity contribution is 5.83. The zero-order valence-electron chi connectivity index (χ0n) is 9.93. The predicted octanol–water partition coefficient (Wildman–Crippen LogP) is 0.990. The van der Waals surface area contributed by atoms with Crippen LogP contribution in [-0.4, -0.2) is 40.7 Å². The number of amides is 1. The molecular formula is C10H19N3O3. The van der Waals surface area contributed by atoms with Crippen LogP contribution in [-0.2, 0) is 4.74 Å². The molecule has 0 unspecified atom stereocenters. The smallest absolute Gasteiger partial charge is 0.410 e. The first-order chi connectivity index (χ1) is 7.33. The maximum absolute atomic E-state index is 11.7. The quantitative estimate of drug-likeness (QED) is 0.304. The van der Waals surface area contributed by atoms with Gasteiger partial charge in [0.15, 0.2) is 0 Å². The molecule has 1 heterocycles. The van der Waals surface area contributed by atoms with Crippen LogP contribution in [0.15, 0.2) is 5.16 Å². The van der Waals surface area contributed by atoms with Gasteiger partial charge >= 0.3 is 6.09 Å². The summed E-state index contributed by atoms with van der Waals surface area (Å²) in [5.74, 6) is 0.101. The first-order valence-corrected chi connectivity index (χ1v) is 5.29. The number of carbonyl (C=O) groups excluding carboxylic acids is 1. The van der Waals surface area contributed by atoms with E-state index in [0.29, 0.717) is 19.5 Å². The molecule has 0 saturated carbocycles. The van der Waals surface area contributed by atoms with E-state index >= 15 is 0 Å². The number of hydrogen-bond donors (Lipinski definition) is 2. The summed E-state index contributed by atoms with van der Waals surface area (Å²) in [6.45, 7) is 6.49. The highest BCUT2D eigenvalue weighted by Gasteiger charge is 2.31. The summed E-state index contributed by atoms with van der Waals surface area (Å²) in [6.07, 6.45) is 0.357. The zero-order valence-corrected chi connectivity index (χ0v) is 9.93. The molecule has 1 atom stereocenters. The number of ether oxygens (including phenoxy) is 1. The molecule has 1 aliphatic heterocycles. The van der Waals surface area contributed by atoms with Crippen LogP contribution in [0.2, 0.25) is 0 Å². The van der Waals surface area contributed by atoms with Gasteiger partial charge < -0.3 is 20.6 Å². The minimum atomic E-state index is -0.494. The lowest BCUT2D eigenvalue weighted by atomic mass is 10.1. The molecule has 92 valence electrons. The number of hydrogen-bond acceptors (Lipinski definition) is 4. The summed E-state index contributed by atoms with van der Waals surface area (Å²) in [4.78, 5) is 13.3. The lowest BCUT2D eigenvalue weighted by Crippen LogP contribution is -2.36. The number of oxime groups is 1. The number of amidine groups is 1. The van der Waals surface area contributed by atoms with Crippen molar-refractivity contribution < 1.29 is 14.7 Å². The molecule has 3 N–H and O–H groups in total. The highest BCUT2D eigenvalue weighted by atomic mass is 16.6. The average Bonchev–Trinajstić information content (AvgIpc) is 2.62. The lowest BCUT2D eigenvalue weighted by molar-refractivity contribution is 0.0292. The third-order valence-electron chi connectivity index (χ3n) is 2.37. The van der Waals surface area contributed by atoms with Gasteiger partial charge in [-0.15, -0.1) is 0 Å². The van der Waals surface area contributed by atoms with Crippen LogP contribution in [0.1, 0.15) is 27.2 Å². The molecule has 0 aromatic carbocycles. The van der Waals surface area contributed by atoms with E-state index in [4.69, 9.17) is 15.7 Å². The largest absolute Gasteiger partial charge is 0.444 e. The Hall–Kier alpha value is -1.46. The number of nitrogens with two attached hydrogens (primary N) is 1. The van der Waals surface area contributed by atoms with Crippen molar-refractivity contribution in [2.75, 3.05) is 13.1 Å². The Morgan fingerprint density at radius 3 is 2.69 bits per heavy atom. The molecule has 0 radical (unpaired) electrons. The van der Waals surface area contributed by atoms with Crippen molar-refractivity contribution in [1.29, 1.82) is 0 Å². The van der Waals surface area contributed by atoms with Gasteiger partial charge in [-0.05, 0) is 27.2 Å². The van der Waals surface area contributed by atoms with Crippen LogP contribution >= 0.6 is 0 Å². The lowest BCUT2D eigenvalue weighted by Gasteiger charge is -2.24. The third-order valence-corrected chi connectivity index (χ3v) is 2.37. The van der Waals surface area contributed by atoms with E-state index in [-0.39, 0.29) is 17.8 Å². The molecule has 0 bridgehead atoms. The average molecular weight is 229 g/mol. The maximum Gasteiger partial charge on any atom is 0.410 e. The van der Waals surface area contributed by atoms with Crippen molar-refractivity contribution in [2.24, 2.45) is 16.8 Å². The number of likely N-dealkylation sites (tertiary alicyclic amines) is 1. The van der Waals surface area contributed by atoms with E-state index in [9.17, 15) is 4.79 Å². The Morgan fingerprint density at radius 1 is 1.56 bits per heavy atom. The number of rotatable bonds is 1. The molecule has 1 amide bonds. The summed E-state index contributed by atoms with van der Waals surface area (Å²) in [5.41, 5.74) is 4.99. The highest BCUT2D eigenvalue weighted by Crippen LogP contribution is 2.19. The second-order valence-electron chi connectivity index (χ2n) is 4.94. The monoisotopic (exact) mass is 229 g/mol. The van der Waals surface area contributed by atoms with Crippen LogP contribution in [0, 0.1) is 5.92 Å². The minimum Gasteiger partial charge on any atom is -0.444 e. The van der Waals surface area contributed by atoms with Gasteiger partial charge in [-0.25, -0.2) is 4.79 Å². The molecule has 0 aromatic heterocycles. The standard InChI is InChI=1S/C10H19N3O3/c1-10(2,3)16-9(14)13-5-4-7(6-13)8(11)12-15/h7,15H,4-6H2,1-3H3,(H2,11,12)/t7-/m1/s1. The normalized spacial score (nSPS) is 22.3. The molecule has 1 saturated heterocycles. The van der Waals surface area contributed by atoms with Gasteiger partial charge in [0.05, 0.1) is 0 Å². The van der Waals surface area contributed by atoms with E-state index in [1.165, 1.54) is 0 Å². The van der Waals surface area contributed by atoms with Crippen LogP contribution in [0.4, 0.5) is 4.79 Å². The van der Waals surface area contributed by atoms with Crippen LogP contribution in [0.25, 0.3) is 0 Å². The predicted molar refractivity (Wildman–Crippen MR) is 59.3 cm³/mol. The summed E-state index contributed by atoms with van der Waals surface area (Å²) in [7, 11) is 0. The first-order valence-electron chi connectivity index (χ1n) is 5.29. The molecule has 1 aliphatic rings. The number of nitrogens with zero attached hydrogens (tertiary/aromatic N) is 2. The van der Waals surface area contributed by atoms with E-state index in [2.05, 4.69) is 5.16 Å². The molecule has 0 spiro atoms. The van der Waals surface area contributed by atoms with Crippen molar-refractivity contribution in [1.82, 2.24) is 4.90 Å². The fourth-order valence-corrected chi connectivity index (χ4v) is 1.58. The van der Waals surface area contributed by atoms with Crippen LogP contribution < -0.4 is 5.73 Å². The molecule has 6 nitrogen and oxygen atoms in total. The number of carbonyl (C=O) groups is 1. The summed E-state index contributed by atoms with van der Waals surface area (Å²) >= 11 is 0. The van der Waals surface area contributed by atoms with Crippen molar-refractivity contribution >= 4 is 11.9 Å². The van der Waals surface area contributed by atoms with E-state index < -0.39 is 5.60 Å². The Bertz CT molecular complexity index is 296. The molecule has 0 aromatic rings. The maximum atomic E-state index is 11.7. The molecule has 1 fully saturated rings. The van der Waals surface area contributed by atoms with Gasteiger partial charge in [-0.3, -0.25) is 0 Å². The topological polar surface area (TPSA) is 88.2 Å². The summed E-state index contributed by atoms with van der Waals surface area (Å²) in [6, 6.07) is 0. The molecule has 1 rings (SSSR count). The van der Waals surface area contributed by atoms with Crippen molar-refractivity contribution in [3.05, 3.63) is 0 Å². The zero-order chi connectivity index (χ0) is 12.3. The van der Waals surface area contributed by atoms with Gasteiger partial charge in [0.1, 0.15) is 11.4 Å². The van der Waals surface area contributed by atoms with Crippen molar-refractivity contribution in [3.8, 4) is 0 Å². The first kappa shape index (κ1) is 12.6. The SMILES string of the molecule is CC(C)(C)OC(=O)N1CC[C@@H](/C(N)=N/O)C1. The van der Waals surface area contributed by atoms with Crippen LogP contribution in [0.5, 0.6) is 0 Å². The Balaban J connectivity index is 2.50. The van der Waals surface area contributed by atoms with Gasteiger partial charge in [0.2, 0.25) is 0 Å². The van der Waals surface area contributed by atoms with Gasteiger partial charge in [-0.1, -0.05) is 5.16 Å². The van der Waals surface area contributed by atoms with E-state index in [1.807, 2.05) is 20.8 Å².